The molecule has 0 aliphatic rings. The monoisotopic (exact) mass is 520 g/mol. The molecule has 2 amide bonds. The van der Waals surface area contributed by atoms with Crippen LogP contribution >= 0.6 is 0 Å². The molecule has 10 nitrogen and oxygen atoms in total. The predicted molar refractivity (Wildman–Crippen MR) is 128 cm³/mol. The van der Waals surface area contributed by atoms with Gasteiger partial charge in [0.2, 0.25) is 11.7 Å². The van der Waals surface area contributed by atoms with E-state index in [1.54, 1.807) is 39.0 Å². The van der Waals surface area contributed by atoms with Gasteiger partial charge in [-0.3, -0.25) is 9.59 Å². The normalized spacial score (nSPS) is 11.7. The standard InChI is InChI=1S/C24H27F3N6O4/c1-23(2,3)28-20(34)13-32(17-8-6-7-16(12-17)24(25,26)27)21(35)14-33-30-22(29-31-33)15-9-10-18(36-4)19(11-15)37-5/h6-12H,13-14H2,1-5H3,(H,28,34). The van der Waals surface area contributed by atoms with Crippen LogP contribution in [-0.4, -0.2) is 58.3 Å². The minimum Gasteiger partial charge on any atom is -0.493 e. The van der Waals surface area contributed by atoms with E-state index in [9.17, 15) is 22.8 Å². The van der Waals surface area contributed by atoms with Crippen LogP contribution < -0.4 is 19.7 Å². The number of methoxy groups -OCH3 is 2. The van der Waals surface area contributed by atoms with E-state index in [0.29, 0.717) is 17.1 Å². The first-order valence-electron chi connectivity index (χ1n) is 11.1. The Labute approximate surface area is 211 Å². The lowest BCUT2D eigenvalue weighted by Gasteiger charge is -2.26. The zero-order valence-electron chi connectivity index (χ0n) is 21.0. The largest absolute Gasteiger partial charge is 0.493 e. The topological polar surface area (TPSA) is 111 Å². The van der Waals surface area contributed by atoms with E-state index < -0.39 is 42.2 Å². The van der Waals surface area contributed by atoms with Crippen molar-refractivity contribution in [3.63, 3.8) is 0 Å². The Morgan fingerprint density at radius 2 is 1.73 bits per heavy atom. The molecule has 3 rings (SSSR count). The Kier molecular flexibility index (Phi) is 8.04. The highest BCUT2D eigenvalue weighted by atomic mass is 19.4. The average Bonchev–Trinajstić information content (AvgIpc) is 3.28. The number of anilines is 1. The zero-order chi connectivity index (χ0) is 27.4. The summed E-state index contributed by atoms with van der Waals surface area (Å²) in [6, 6.07) is 9.15. The van der Waals surface area contributed by atoms with Crippen LogP contribution in [0, 0.1) is 0 Å². The average molecular weight is 521 g/mol. The molecule has 1 aromatic heterocycles. The molecule has 2 aromatic carbocycles. The van der Waals surface area contributed by atoms with Crippen LogP contribution in [0.3, 0.4) is 0 Å². The summed E-state index contributed by atoms with van der Waals surface area (Å²) in [4.78, 5) is 27.7. The van der Waals surface area contributed by atoms with Crippen LogP contribution in [0.25, 0.3) is 11.4 Å². The molecule has 0 unspecified atom stereocenters. The van der Waals surface area contributed by atoms with Crippen molar-refractivity contribution in [1.82, 2.24) is 25.5 Å². The Morgan fingerprint density at radius 3 is 2.35 bits per heavy atom. The highest BCUT2D eigenvalue weighted by Crippen LogP contribution is 2.32. The molecule has 0 fully saturated rings. The lowest BCUT2D eigenvalue weighted by Crippen LogP contribution is -2.48. The molecule has 37 heavy (non-hydrogen) atoms. The fraction of sp³-hybridized carbons (Fsp3) is 0.375. The van der Waals surface area contributed by atoms with Gasteiger partial charge in [-0.15, -0.1) is 10.2 Å². The minimum absolute atomic E-state index is 0.0934. The number of tetrazole rings is 1. The van der Waals surface area contributed by atoms with Gasteiger partial charge in [0.25, 0.3) is 5.91 Å². The number of carbonyl (C=O) groups excluding carboxylic acids is 2. The van der Waals surface area contributed by atoms with E-state index in [1.165, 1.54) is 26.4 Å². The number of halogens is 3. The molecule has 0 aliphatic heterocycles. The quantitative estimate of drug-likeness (QED) is 0.485. The summed E-state index contributed by atoms with van der Waals surface area (Å²) >= 11 is 0. The van der Waals surface area contributed by atoms with Gasteiger partial charge in [0.05, 0.1) is 19.8 Å². The highest BCUT2D eigenvalue weighted by Gasteiger charge is 2.32. The van der Waals surface area contributed by atoms with Crippen molar-refractivity contribution in [3.05, 3.63) is 48.0 Å². The van der Waals surface area contributed by atoms with E-state index in [0.717, 1.165) is 21.8 Å². The number of alkyl halides is 3. The molecular weight excluding hydrogens is 493 g/mol. The first-order valence-corrected chi connectivity index (χ1v) is 11.1. The summed E-state index contributed by atoms with van der Waals surface area (Å²) in [5.41, 5.74) is -1.12. The van der Waals surface area contributed by atoms with Crippen LogP contribution in [0.1, 0.15) is 26.3 Å². The summed E-state index contributed by atoms with van der Waals surface area (Å²) < 4.78 is 50.4. The number of hydrogen-bond donors (Lipinski definition) is 1. The van der Waals surface area contributed by atoms with Crippen LogP contribution in [-0.2, 0) is 22.3 Å². The van der Waals surface area contributed by atoms with Crippen LogP contribution in [0.4, 0.5) is 18.9 Å². The van der Waals surface area contributed by atoms with E-state index in [2.05, 4.69) is 20.7 Å². The molecule has 1 N–H and O–H groups in total. The van der Waals surface area contributed by atoms with Gasteiger partial charge in [0.15, 0.2) is 11.5 Å². The molecule has 0 bridgehead atoms. The van der Waals surface area contributed by atoms with Crippen molar-refractivity contribution < 1.29 is 32.2 Å². The van der Waals surface area contributed by atoms with Gasteiger partial charge in [-0.1, -0.05) is 6.07 Å². The van der Waals surface area contributed by atoms with Gasteiger partial charge in [0, 0.05) is 16.8 Å². The first-order chi connectivity index (χ1) is 17.3. The van der Waals surface area contributed by atoms with Gasteiger partial charge in [-0.2, -0.15) is 18.0 Å². The van der Waals surface area contributed by atoms with Crippen LogP contribution in [0.2, 0.25) is 0 Å². The zero-order valence-corrected chi connectivity index (χ0v) is 21.0. The number of amides is 2. The number of carbonyl (C=O) groups is 2. The molecular formula is C24H27F3N6O4. The predicted octanol–water partition coefficient (Wildman–Crippen LogP) is 3.32. The van der Waals surface area contributed by atoms with Gasteiger partial charge >= 0.3 is 6.18 Å². The maximum absolute atomic E-state index is 13.3. The number of aromatic nitrogens is 4. The van der Waals surface area contributed by atoms with Crippen molar-refractivity contribution >= 4 is 17.5 Å². The van der Waals surface area contributed by atoms with Crippen LogP contribution in [0.5, 0.6) is 11.5 Å². The molecule has 13 heteroatoms. The second-order valence-corrected chi connectivity index (χ2v) is 9.04. The number of ether oxygens (including phenoxy) is 2. The lowest BCUT2D eigenvalue weighted by molar-refractivity contribution is -0.137. The number of hydrogen-bond acceptors (Lipinski definition) is 7. The van der Waals surface area contributed by atoms with Crippen molar-refractivity contribution in [2.75, 3.05) is 25.7 Å². The number of rotatable bonds is 8. The number of benzene rings is 2. The highest BCUT2D eigenvalue weighted by molar-refractivity contribution is 5.98. The molecule has 0 aliphatic carbocycles. The fourth-order valence-corrected chi connectivity index (χ4v) is 3.38. The molecule has 3 aromatic rings. The molecule has 198 valence electrons. The van der Waals surface area contributed by atoms with Gasteiger partial charge in [-0.25, -0.2) is 0 Å². The van der Waals surface area contributed by atoms with E-state index in [4.69, 9.17) is 9.47 Å². The Morgan fingerprint density at radius 1 is 1.03 bits per heavy atom. The second-order valence-electron chi connectivity index (χ2n) is 9.04. The van der Waals surface area contributed by atoms with Gasteiger partial charge in [-0.05, 0) is 62.4 Å². The smallest absolute Gasteiger partial charge is 0.416 e. The summed E-state index contributed by atoms with van der Waals surface area (Å²) in [5, 5.41) is 14.7. The van der Waals surface area contributed by atoms with Crippen molar-refractivity contribution in [1.29, 1.82) is 0 Å². The van der Waals surface area contributed by atoms with E-state index in [1.807, 2.05) is 0 Å². The SMILES string of the molecule is COc1ccc(-c2nnn(CC(=O)N(CC(=O)NC(C)(C)C)c3cccc(C(F)(F)F)c3)n2)cc1OC. The Hall–Kier alpha value is -4.16. The van der Waals surface area contributed by atoms with Gasteiger partial charge < -0.3 is 19.7 Å². The Bertz CT molecular complexity index is 1270. The third-order valence-electron chi connectivity index (χ3n) is 4.97. The molecule has 1 heterocycles. The molecule has 0 radical (unpaired) electrons. The van der Waals surface area contributed by atoms with Crippen LogP contribution in [0.15, 0.2) is 42.5 Å². The van der Waals surface area contributed by atoms with Gasteiger partial charge in [0.1, 0.15) is 13.1 Å². The van der Waals surface area contributed by atoms with E-state index >= 15 is 0 Å². The summed E-state index contributed by atoms with van der Waals surface area (Å²) in [7, 11) is 2.97. The maximum Gasteiger partial charge on any atom is 0.416 e. The minimum atomic E-state index is -4.62. The molecule has 0 spiro atoms. The van der Waals surface area contributed by atoms with Crippen molar-refractivity contribution in [3.8, 4) is 22.9 Å². The number of nitrogens with one attached hydrogen (secondary N) is 1. The number of nitrogens with zero attached hydrogens (tertiary/aromatic N) is 5. The molecule has 0 saturated heterocycles. The molecule has 0 saturated carbocycles. The maximum atomic E-state index is 13.3. The second kappa shape index (κ2) is 10.8. The summed E-state index contributed by atoms with van der Waals surface area (Å²) in [5.74, 6) is -0.132. The summed E-state index contributed by atoms with van der Waals surface area (Å²) in [6.45, 7) is 4.26. The Balaban J connectivity index is 1.87. The third kappa shape index (κ3) is 7.18. The first kappa shape index (κ1) is 27.4. The van der Waals surface area contributed by atoms with E-state index in [-0.39, 0.29) is 11.5 Å². The third-order valence-corrected chi connectivity index (χ3v) is 4.97. The summed E-state index contributed by atoms with van der Waals surface area (Å²) in [6.07, 6.45) is -4.62. The van der Waals surface area contributed by atoms with Crippen molar-refractivity contribution in [2.24, 2.45) is 0 Å². The molecule has 0 atom stereocenters. The lowest BCUT2D eigenvalue weighted by atomic mass is 10.1. The fourth-order valence-electron chi connectivity index (χ4n) is 3.38. The van der Waals surface area contributed by atoms with Crippen molar-refractivity contribution in [2.45, 2.75) is 39.0 Å².